The van der Waals surface area contributed by atoms with Gasteiger partial charge in [0.15, 0.2) is 0 Å². The molecule has 8 aromatic heterocycles. The van der Waals surface area contributed by atoms with Crippen molar-refractivity contribution in [1.29, 1.82) is 0 Å². The largest absolute Gasteiger partial charge is 2.00 e. The summed E-state index contributed by atoms with van der Waals surface area (Å²) >= 11 is 0. The predicted octanol–water partition coefficient (Wildman–Crippen LogP) is 28.4. The molecular weight excluding hydrogens is 1830 g/mol. The van der Waals surface area contributed by atoms with E-state index in [0.29, 0.717) is 0 Å². The summed E-state index contributed by atoms with van der Waals surface area (Å²) in [6.07, 6.45) is 28.1. The maximum absolute atomic E-state index is 5.36. The van der Waals surface area contributed by atoms with Crippen molar-refractivity contribution in [2.24, 2.45) is 0 Å². The van der Waals surface area contributed by atoms with E-state index in [4.69, 9.17) is 19.9 Å². The predicted molar refractivity (Wildman–Crippen MR) is 560 cm³/mol. The Morgan fingerprint density at radius 1 is 0.189 bits per heavy atom. The number of aryl methyl sites for hydroxylation is 6. The van der Waals surface area contributed by atoms with Crippen LogP contribution in [-0.2, 0) is 21.1 Å². The molecule has 10 aromatic carbocycles. The van der Waals surface area contributed by atoms with Gasteiger partial charge < -0.3 is 19.9 Å². The van der Waals surface area contributed by atoms with Crippen LogP contribution in [0.5, 0.6) is 0 Å². The summed E-state index contributed by atoms with van der Waals surface area (Å²) in [5, 5.41) is 6.10. The van der Waals surface area contributed by atoms with Gasteiger partial charge >= 0.3 is 21.1 Å². The molecule has 13 heteroatoms. The van der Waals surface area contributed by atoms with Crippen molar-refractivity contribution >= 4 is 130 Å². The molecule has 0 aliphatic carbocycles. The third kappa shape index (κ3) is 18.7. The van der Waals surface area contributed by atoms with Crippen LogP contribution in [-0.4, -0.2) is 62.2 Å². The molecular formula is C119H98N10P2Pt+4. The number of H-pyrrole nitrogens is 4. The van der Waals surface area contributed by atoms with E-state index in [0.717, 1.165) is 179 Å². The van der Waals surface area contributed by atoms with E-state index >= 15 is 0 Å². The minimum Gasteiger partial charge on any atom is -0.354 e. The molecule has 4 aliphatic rings. The van der Waals surface area contributed by atoms with E-state index in [9.17, 15) is 0 Å². The van der Waals surface area contributed by atoms with Gasteiger partial charge in [-0.2, -0.15) is 0 Å². The first-order valence-corrected chi connectivity index (χ1v) is 48.3. The van der Waals surface area contributed by atoms with Gasteiger partial charge in [0, 0.05) is 120 Å². The average Bonchev–Trinajstić information content (AvgIpc) is 1.61. The van der Waals surface area contributed by atoms with Crippen molar-refractivity contribution < 1.29 is 21.1 Å². The third-order valence-electron chi connectivity index (χ3n) is 24.8. The summed E-state index contributed by atoms with van der Waals surface area (Å²) in [4.78, 5) is 45.4. The van der Waals surface area contributed by atoms with Crippen molar-refractivity contribution in [2.45, 2.75) is 48.0 Å². The topological polar surface area (TPSA) is 140 Å². The number of pyridine rings is 2. The molecule has 132 heavy (non-hydrogen) atoms. The van der Waals surface area contributed by atoms with Crippen LogP contribution in [0.1, 0.15) is 85.4 Å². The maximum Gasteiger partial charge on any atom is 2.00 e. The molecule has 640 valence electrons. The van der Waals surface area contributed by atoms with E-state index in [1.807, 2.05) is 49.1 Å². The number of benzene rings is 10. The van der Waals surface area contributed by atoms with Crippen molar-refractivity contribution in [1.82, 2.24) is 49.8 Å². The molecule has 0 unspecified atom stereocenters. The van der Waals surface area contributed by atoms with Crippen LogP contribution in [0.15, 0.2) is 365 Å². The van der Waals surface area contributed by atoms with Gasteiger partial charge in [0.1, 0.15) is 0 Å². The van der Waals surface area contributed by atoms with Gasteiger partial charge in [-0.15, -0.1) is 0 Å². The van der Waals surface area contributed by atoms with Gasteiger partial charge in [-0.05, 0) is 256 Å². The summed E-state index contributed by atoms with van der Waals surface area (Å²) in [6, 6.07) is 122. The van der Waals surface area contributed by atoms with Crippen LogP contribution >= 0.6 is 15.8 Å². The quantitative estimate of drug-likeness (QED) is 0.0710. The molecule has 0 saturated heterocycles. The van der Waals surface area contributed by atoms with Gasteiger partial charge in [0.2, 0.25) is 0 Å². The molecule has 0 atom stereocenters. The SMILES string of the molecule is Cc1ccc(-c2c3nc(c(-c4ccncc4)c4nc(c(-c5ccc(C)cc5)c5ccc([nH]5)c(-c5ccc(C)cc5)c5ccc2[nH]5)C=C4)C=C3)cc1.Cc1ccc(-c2c3nc(c(-c4ccncc4)c4nc(c(-c5ccc(C)cc5)c5ccc([nH]5)c(-c5ccc(C)cc5)c5ccc2[nH]5)C=C4)C=C3)cc1.[Pt+2].c1ccc([PH+](CCC[PH+](c2ccccc2)c2ccccc2)c2ccccc2)cc1. The molecule has 0 spiro atoms. The Bertz CT molecular complexity index is 6890. The molecule has 16 bridgehead atoms. The van der Waals surface area contributed by atoms with E-state index in [1.54, 1.807) is 0 Å². The molecule has 0 radical (unpaired) electrons. The first-order chi connectivity index (χ1) is 64.4. The molecule has 22 rings (SSSR count). The first kappa shape index (κ1) is 86.6. The number of nitrogens with zero attached hydrogens (tertiary/aromatic N) is 6. The Morgan fingerprint density at radius 2 is 0.364 bits per heavy atom. The van der Waals surface area contributed by atoms with Crippen LogP contribution in [0, 0.1) is 41.5 Å². The van der Waals surface area contributed by atoms with Gasteiger partial charge in [0.25, 0.3) is 0 Å². The van der Waals surface area contributed by atoms with Crippen LogP contribution in [0.4, 0.5) is 0 Å². The summed E-state index contributed by atoms with van der Waals surface area (Å²) in [5.41, 5.74) is 39.2. The molecule has 10 nitrogen and oxygen atoms in total. The van der Waals surface area contributed by atoms with Crippen molar-refractivity contribution in [3.63, 3.8) is 0 Å². The van der Waals surface area contributed by atoms with Crippen LogP contribution in [0.2, 0.25) is 0 Å². The summed E-state index contributed by atoms with van der Waals surface area (Å²) in [7, 11) is -1.48. The molecule has 18 aromatic rings. The van der Waals surface area contributed by atoms with Crippen LogP contribution < -0.4 is 21.2 Å². The normalized spacial score (nSPS) is 11.8. The molecule has 0 fully saturated rings. The number of fused-ring (bicyclic) bond motifs is 16. The number of rotatable bonds is 16. The number of hydrogen-bond donors (Lipinski definition) is 4. The molecule has 0 saturated carbocycles. The Morgan fingerprint density at radius 3 is 0.568 bits per heavy atom. The van der Waals surface area contributed by atoms with Gasteiger partial charge in [-0.3, -0.25) is 9.97 Å². The number of hydrogen-bond acceptors (Lipinski definition) is 6. The van der Waals surface area contributed by atoms with Gasteiger partial charge in [-0.25, -0.2) is 19.9 Å². The fraction of sp³-hybridized carbons (Fsp3) is 0.0756. The third-order valence-corrected chi connectivity index (χ3v) is 30.7. The second-order valence-electron chi connectivity index (χ2n) is 33.9. The Kier molecular flexibility index (Phi) is 25.8. The van der Waals surface area contributed by atoms with E-state index in [-0.39, 0.29) is 21.1 Å². The molecule has 0 amide bonds. The summed E-state index contributed by atoms with van der Waals surface area (Å²) in [6.45, 7) is 12.7. The van der Waals surface area contributed by atoms with Crippen LogP contribution in [0.25, 0.3) is 182 Å². The standard InChI is InChI=1S/2C46H35N5.C27H26P2.Pt/c2*1-28-4-10-31(11-5-28)43-35-16-18-37(48-35)44(32-12-6-29(2)7-13-32)39-20-22-41(50-39)46(34-24-26-47-27-25-34)42-23-21-40(51-42)45(38-19-17-36(43)49-38)33-14-8-30(3)9-15-33;1-5-14-24(15-6-1)28(25-16-7-2-8-17-25)22-13-23-29(26-18-9-3-10-19-26)27-20-11-4-12-21-27;/h2*4-27,48-49H,1-3H3;1-12,14-21H,13,22-23H2;/q;;;+2/p+2. The minimum atomic E-state index is -0.742. The van der Waals surface area contributed by atoms with Gasteiger partial charge in [-0.1, -0.05) is 252 Å². The van der Waals surface area contributed by atoms with Crippen molar-refractivity contribution in [3.05, 3.63) is 443 Å². The zero-order valence-electron chi connectivity index (χ0n) is 74.4. The molecule has 12 heterocycles. The van der Waals surface area contributed by atoms with E-state index < -0.39 is 15.8 Å². The van der Waals surface area contributed by atoms with Crippen LogP contribution in [0.3, 0.4) is 0 Å². The van der Waals surface area contributed by atoms with Crippen molar-refractivity contribution in [2.75, 3.05) is 12.3 Å². The van der Waals surface area contributed by atoms with Crippen molar-refractivity contribution in [3.8, 4) is 89.0 Å². The monoisotopic (exact) mass is 1920 g/mol. The number of nitrogens with one attached hydrogen (secondary N) is 4. The minimum absolute atomic E-state index is 0. The first-order valence-electron chi connectivity index (χ1n) is 44.9. The van der Waals surface area contributed by atoms with E-state index in [1.165, 1.54) is 73.3 Å². The maximum atomic E-state index is 5.36. The molecule has 4 N–H and O–H groups in total. The Balaban J connectivity index is 0.000000133. The van der Waals surface area contributed by atoms with E-state index in [2.05, 4.69) is 436 Å². The number of aromatic nitrogens is 10. The second-order valence-corrected chi connectivity index (χ2v) is 39.2. The second kappa shape index (κ2) is 39.3. The molecule has 4 aliphatic heterocycles. The zero-order chi connectivity index (χ0) is 88.7. The average molecular weight is 1930 g/mol. The number of aromatic amines is 4. The zero-order valence-corrected chi connectivity index (χ0v) is 78.7. The Hall–Kier alpha value is -14.8. The smallest absolute Gasteiger partial charge is 0.354 e. The Labute approximate surface area is 787 Å². The fourth-order valence-electron chi connectivity index (χ4n) is 18.1. The summed E-state index contributed by atoms with van der Waals surface area (Å²) in [5.74, 6) is 0. The summed E-state index contributed by atoms with van der Waals surface area (Å²) < 4.78 is 0. The fourth-order valence-corrected chi connectivity index (χ4v) is 23.7. The van der Waals surface area contributed by atoms with Gasteiger partial charge in [0.05, 0.1) is 94.9 Å².